The summed E-state index contributed by atoms with van der Waals surface area (Å²) in [7, 11) is 1.52. The van der Waals surface area contributed by atoms with Crippen LogP contribution in [0.3, 0.4) is 0 Å². The van der Waals surface area contributed by atoms with Gasteiger partial charge in [0.25, 0.3) is 5.56 Å². The van der Waals surface area contributed by atoms with E-state index in [1.54, 1.807) is 48.5 Å². The number of rotatable bonds is 8. The Balaban J connectivity index is 1.70. The molecule has 0 aliphatic heterocycles. The van der Waals surface area contributed by atoms with Crippen LogP contribution in [0.4, 0.5) is 8.78 Å². The summed E-state index contributed by atoms with van der Waals surface area (Å²) in [6, 6.07) is 19.3. The Morgan fingerprint density at radius 3 is 2.52 bits per heavy atom. The van der Waals surface area contributed by atoms with Crippen molar-refractivity contribution in [1.29, 1.82) is 0 Å². The number of fused-ring (bicyclic) bond motifs is 1. The molecule has 0 unspecified atom stereocenters. The summed E-state index contributed by atoms with van der Waals surface area (Å²) in [5.74, 6) is 0.411. The van der Waals surface area contributed by atoms with Gasteiger partial charge in [-0.15, -0.1) is 0 Å². The van der Waals surface area contributed by atoms with Crippen LogP contribution in [-0.4, -0.2) is 34.8 Å². The first-order chi connectivity index (χ1) is 16.0. The zero-order valence-electron chi connectivity index (χ0n) is 17.4. The van der Waals surface area contributed by atoms with E-state index in [1.165, 1.54) is 35.9 Å². The van der Waals surface area contributed by atoms with Crippen LogP contribution in [0.2, 0.25) is 0 Å². The van der Waals surface area contributed by atoms with E-state index in [0.717, 1.165) is 11.8 Å². The Bertz CT molecular complexity index is 1360. The third kappa shape index (κ3) is 5.04. The number of carbonyl (C=O) groups excluding carboxylic acids is 1. The van der Waals surface area contributed by atoms with E-state index in [-0.39, 0.29) is 22.8 Å². The summed E-state index contributed by atoms with van der Waals surface area (Å²) in [5, 5.41) is 0.700. The van der Waals surface area contributed by atoms with Gasteiger partial charge in [0.05, 0.1) is 29.5 Å². The Hall–Kier alpha value is -3.72. The number of methoxy groups -OCH3 is 1. The fraction of sp³-hybridized carbons (Fsp3) is 0.125. The third-order valence-corrected chi connectivity index (χ3v) is 5.73. The number of nitrogens with zero attached hydrogens (tertiary/aromatic N) is 2. The van der Waals surface area contributed by atoms with Gasteiger partial charge in [-0.2, -0.15) is 8.78 Å². The maximum absolute atomic E-state index is 13.3. The van der Waals surface area contributed by atoms with E-state index in [4.69, 9.17) is 4.74 Å². The molecule has 33 heavy (non-hydrogen) atoms. The molecule has 0 radical (unpaired) electrons. The number of Topliss-reactive ketones (excluding diaryl/α,β-unsaturated/α-hetero) is 1. The van der Waals surface area contributed by atoms with Crippen molar-refractivity contribution in [1.82, 2.24) is 9.55 Å². The second-order valence-electron chi connectivity index (χ2n) is 6.87. The van der Waals surface area contributed by atoms with Crippen molar-refractivity contribution in [3.05, 3.63) is 88.7 Å². The van der Waals surface area contributed by atoms with Crippen molar-refractivity contribution >= 4 is 28.4 Å². The minimum Gasteiger partial charge on any atom is -0.497 e. The van der Waals surface area contributed by atoms with Crippen molar-refractivity contribution in [2.75, 3.05) is 12.9 Å². The van der Waals surface area contributed by atoms with E-state index in [1.807, 2.05) is 0 Å². The molecule has 0 atom stereocenters. The van der Waals surface area contributed by atoms with Gasteiger partial charge in [0.2, 0.25) is 0 Å². The van der Waals surface area contributed by atoms with Crippen LogP contribution in [0.1, 0.15) is 10.4 Å². The van der Waals surface area contributed by atoms with Gasteiger partial charge >= 0.3 is 6.61 Å². The molecule has 3 aromatic carbocycles. The molecule has 0 fully saturated rings. The second kappa shape index (κ2) is 9.83. The molecule has 0 saturated carbocycles. The summed E-state index contributed by atoms with van der Waals surface area (Å²) in [4.78, 5) is 30.6. The van der Waals surface area contributed by atoms with E-state index in [0.29, 0.717) is 33.1 Å². The van der Waals surface area contributed by atoms with Gasteiger partial charge in [-0.3, -0.25) is 14.2 Å². The number of halogens is 2. The van der Waals surface area contributed by atoms with Crippen molar-refractivity contribution in [2.45, 2.75) is 11.8 Å². The molecule has 0 amide bonds. The summed E-state index contributed by atoms with van der Waals surface area (Å²) in [6.45, 7) is -2.95. The van der Waals surface area contributed by atoms with E-state index in [2.05, 4.69) is 9.72 Å². The Kier molecular flexibility index (Phi) is 6.69. The van der Waals surface area contributed by atoms with Crippen LogP contribution in [0.25, 0.3) is 16.6 Å². The molecule has 0 spiro atoms. The van der Waals surface area contributed by atoms with Crippen LogP contribution < -0.4 is 15.0 Å². The lowest BCUT2D eigenvalue weighted by Gasteiger charge is -2.14. The van der Waals surface area contributed by atoms with E-state index < -0.39 is 6.61 Å². The van der Waals surface area contributed by atoms with Crippen LogP contribution in [0.15, 0.2) is 82.7 Å². The number of carbonyl (C=O) groups is 1. The molecule has 0 aliphatic rings. The van der Waals surface area contributed by atoms with Gasteiger partial charge in [0.15, 0.2) is 10.9 Å². The van der Waals surface area contributed by atoms with Crippen LogP contribution in [0.5, 0.6) is 11.5 Å². The Morgan fingerprint density at radius 2 is 1.79 bits per heavy atom. The molecule has 0 saturated heterocycles. The minimum atomic E-state index is -2.95. The number of hydrogen-bond acceptors (Lipinski definition) is 6. The monoisotopic (exact) mass is 468 g/mol. The minimum absolute atomic E-state index is 0.0297. The molecule has 6 nitrogen and oxygen atoms in total. The average Bonchev–Trinajstić information content (AvgIpc) is 2.83. The van der Waals surface area contributed by atoms with Crippen molar-refractivity contribution < 1.29 is 23.0 Å². The molecule has 4 rings (SSSR count). The van der Waals surface area contributed by atoms with Gasteiger partial charge in [0.1, 0.15) is 11.5 Å². The standard InChI is InChI=1S/C24H18F2N2O4S/c1-31-18-6-4-5-15(13-18)21(29)14-33-24-27-20-8-3-2-7-19(20)22(30)28(24)16-9-11-17(12-10-16)32-23(25)26/h2-13,23H,14H2,1H3. The first-order valence-corrected chi connectivity index (χ1v) is 10.8. The van der Waals surface area contributed by atoms with Crippen molar-refractivity contribution in [2.24, 2.45) is 0 Å². The van der Waals surface area contributed by atoms with Gasteiger partial charge in [-0.1, -0.05) is 36.0 Å². The molecule has 9 heteroatoms. The maximum Gasteiger partial charge on any atom is 0.387 e. The topological polar surface area (TPSA) is 70.4 Å². The normalized spacial score (nSPS) is 11.0. The van der Waals surface area contributed by atoms with Gasteiger partial charge in [0, 0.05) is 5.56 Å². The largest absolute Gasteiger partial charge is 0.497 e. The molecular weight excluding hydrogens is 450 g/mol. The fourth-order valence-corrected chi connectivity index (χ4v) is 4.13. The highest BCUT2D eigenvalue weighted by molar-refractivity contribution is 7.99. The molecule has 168 valence electrons. The average molecular weight is 468 g/mol. The van der Waals surface area contributed by atoms with Crippen LogP contribution in [-0.2, 0) is 0 Å². The van der Waals surface area contributed by atoms with E-state index in [9.17, 15) is 18.4 Å². The van der Waals surface area contributed by atoms with Gasteiger partial charge < -0.3 is 9.47 Å². The molecule has 0 bridgehead atoms. The first kappa shape index (κ1) is 22.5. The maximum atomic E-state index is 13.3. The molecule has 1 aromatic heterocycles. The quantitative estimate of drug-likeness (QED) is 0.207. The zero-order valence-corrected chi connectivity index (χ0v) is 18.2. The van der Waals surface area contributed by atoms with Gasteiger partial charge in [-0.25, -0.2) is 4.98 Å². The van der Waals surface area contributed by atoms with Crippen LogP contribution in [0, 0.1) is 0 Å². The predicted molar refractivity (Wildman–Crippen MR) is 122 cm³/mol. The van der Waals surface area contributed by atoms with Crippen LogP contribution >= 0.6 is 11.8 Å². The lowest BCUT2D eigenvalue weighted by atomic mass is 10.1. The zero-order chi connectivity index (χ0) is 23.4. The van der Waals surface area contributed by atoms with E-state index >= 15 is 0 Å². The highest BCUT2D eigenvalue weighted by Gasteiger charge is 2.16. The lowest BCUT2D eigenvalue weighted by Crippen LogP contribution is -2.22. The molecule has 4 aromatic rings. The van der Waals surface area contributed by atoms with Gasteiger partial charge in [-0.05, 0) is 48.5 Å². The summed E-state index contributed by atoms with van der Waals surface area (Å²) >= 11 is 1.11. The molecule has 0 N–H and O–H groups in total. The number of aromatic nitrogens is 2. The smallest absolute Gasteiger partial charge is 0.387 e. The summed E-state index contributed by atoms with van der Waals surface area (Å²) in [6.07, 6.45) is 0. The first-order valence-electron chi connectivity index (χ1n) is 9.83. The SMILES string of the molecule is COc1cccc(C(=O)CSc2nc3ccccc3c(=O)n2-c2ccc(OC(F)F)cc2)c1. The lowest BCUT2D eigenvalue weighted by molar-refractivity contribution is -0.0498. The number of hydrogen-bond donors (Lipinski definition) is 0. The number of alkyl halides is 2. The Morgan fingerprint density at radius 1 is 1.03 bits per heavy atom. The van der Waals surface area contributed by atoms with Crippen molar-refractivity contribution in [3.63, 3.8) is 0 Å². The third-order valence-electron chi connectivity index (χ3n) is 4.79. The summed E-state index contributed by atoms with van der Waals surface area (Å²) < 4.78 is 35.9. The number of ketones is 1. The molecule has 0 aliphatic carbocycles. The highest BCUT2D eigenvalue weighted by atomic mass is 32.2. The molecule has 1 heterocycles. The highest BCUT2D eigenvalue weighted by Crippen LogP contribution is 2.24. The number of thioether (sulfide) groups is 1. The summed E-state index contributed by atoms with van der Waals surface area (Å²) in [5.41, 5.74) is 1.05. The number of benzene rings is 3. The second-order valence-corrected chi connectivity index (χ2v) is 7.81. The fourth-order valence-electron chi connectivity index (χ4n) is 3.22. The Labute approximate surface area is 191 Å². The predicted octanol–water partition coefficient (Wildman–Crippen LogP) is 4.97. The van der Waals surface area contributed by atoms with Crippen molar-refractivity contribution in [3.8, 4) is 17.2 Å². The number of para-hydroxylation sites is 1. The molecular formula is C24H18F2N2O4S. The number of ether oxygens (including phenoxy) is 2.